The Kier molecular flexibility index (Phi) is 3.66. The van der Waals surface area contributed by atoms with Crippen molar-refractivity contribution in [2.24, 2.45) is 0 Å². The largest absolute Gasteiger partial charge is 0.476 e. The van der Waals surface area contributed by atoms with E-state index in [1.165, 1.54) is 21.5 Å². The molecule has 0 fully saturated rings. The third-order valence-electron chi connectivity index (χ3n) is 3.70. The zero-order valence-corrected chi connectivity index (χ0v) is 13.3. The van der Waals surface area contributed by atoms with E-state index in [-0.39, 0.29) is 11.6 Å². The molecule has 0 aliphatic rings. The quantitative estimate of drug-likeness (QED) is 0.582. The molecule has 3 aromatic heterocycles. The van der Waals surface area contributed by atoms with E-state index >= 15 is 0 Å². The van der Waals surface area contributed by atoms with Gasteiger partial charge in [-0.05, 0) is 30.3 Å². The van der Waals surface area contributed by atoms with Crippen molar-refractivity contribution in [3.8, 4) is 5.69 Å². The number of hydrogen-bond donors (Lipinski definition) is 2. The fraction of sp³-hybridized carbons (Fsp3) is 0. The summed E-state index contributed by atoms with van der Waals surface area (Å²) in [4.78, 5) is 27.6. The van der Waals surface area contributed by atoms with E-state index in [1.54, 1.807) is 48.9 Å². The number of anilines is 1. The minimum absolute atomic E-state index is 0.0585. The average Bonchev–Trinajstić information content (AvgIpc) is 3.29. The van der Waals surface area contributed by atoms with Gasteiger partial charge in [-0.2, -0.15) is 10.2 Å². The third kappa shape index (κ3) is 2.77. The molecule has 128 valence electrons. The van der Waals surface area contributed by atoms with Crippen molar-refractivity contribution in [1.29, 1.82) is 0 Å². The second kappa shape index (κ2) is 6.13. The Bertz CT molecular complexity index is 1130. The Balaban J connectivity index is 1.60. The maximum Gasteiger partial charge on any atom is 0.356 e. The topological polar surface area (TPSA) is 114 Å². The number of benzene rings is 1. The van der Waals surface area contributed by atoms with Crippen LogP contribution in [0.25, 0.3) is 11.3 Å². The molecule has 0 bridgehead atoms. The Morgan fingerprint density at radius 3 is 2.81 bits per heavy atom. The second-order valence-electron chi connectivity index (χ2n) is 5.40. The highest BCUT2D eigenvalue weighted by molar-refractivity contribution is 6.08. The molecule has 0 saturated carbocycles. The van der Waals surface area contributed by atoms with E-state index in [4.69, 9.17) is 5.11 Å². The predicted octanol–water partition coefficient (Wildman–Crippen LogP) is 1.87. The summed E-state index contributed by atoms with van der Waals surface area (Å²) >= 11 is 0. The SMILES string of the molecule is O=C(O)c1ccn(-c2cccc(NC(=O)c3cnn4cccnc34)c2)n1. The summed E-state index contributed by atoms with van der Waals surface area (Å²) in [7, 11) is 0. The minimum atomic E-state index is -1.10. The van der Waals surface area contributed by atoms with Gasteiger partial charge in [0.1, 0.15) is 5.56 Å². The van der Waals surface area contributed by atoms with Crippen LogP contribution in [0.5, 0.6) is 0 Å². The highest BCUT2D eigenvalue weighted by Gasteiger charge is 2.14. The first kappa shape index (κ1) is 15.5. The Hall–Kier alpha value is -4.01. The number of aromatic carboxylic acids is 1. The monoisotopic (exact) mass is 348 g/mol. The van der Waals surface area contributed by atoms with Gasteiger partial charge in [-0.3, -0.25) is 4.79 Å². The van der Waals surface area contributed by atoms with E-state index in [1.807, 2.05) is 0 Å². The van der Waals surface area contributed by atoms with Crippen LogP contribution in [0.2, 0.25) is 0 Å². The molecule has 3 heterocycles. The van der Waals surface area contributed by atoms with Crippen molar-refractivity contribution < 1.29 is 14.7 Å². The molecule has 9 heteroatoms. The van der Waals surface area contributed by atoms with Gasteiger partial charge in [0.2, 0.25) is 0 Å². The molecular weight excluding hydrogens is 336 g/mol. The summed E-state index contributed by atoms with van der Waals surface area (Å²) in [6.45, 7) is 0. The fourth-order valence-corrected chi connectivity index (χ4v) is 2.49. The molecule has 0 spiro atoms. The third-order valence-corrected chi connectivity index (χ3v) is 3.70. The lowest BCUT2D eigenvalue weighted by atomic mass is 10.2. The van der Waals surface area contributed by atoms with Crippen molar-refractivity contribution in [3.05, 3.63) is 72.4 Å². The Labute approximate surface area is 146 Å². The fourth-order valence-electron chi connectivity index (χ4n) is 2.49. The molecule has 0 radical (unpaired) electrons. The van der Waals surface area contributed by atoms with Crippen LogP contribution in [-0.4, -0.2) is 41.4 Å². The molecule has 0 saturated heterocycles. The molecule has 0 aliphatic heterocycles. The van der Waals surface area contributed by atoms with Crippen LogP contribution >= 0.6 is 0 Å². The van der Waals surface area contributed by atoms with Crippen LogP contribution in [0.3, 0.4) is 0 Å². The number of aromatic nitrogens is 5. The number of carboxylic acid groups (broad SMARTS) is 1. The summed E-state index contributed by atoms with van der Waals surface area (Å²) in [5, 5.41) is 19.8. The number of nitrogens with zero attached hydrogens (tertiary/aromatic N) is 5. The molecule has 1 aromatic carbocycles. The zero-order chi connectivity index (χ0) is 18.1. The predicted molar refractivity (Wildman–Crippen MR) is 91.5 cm³/mol. The number of fused-ring (bicyclic) bond motifs is 1. The standard InChI is InChI=1S/C17H12N6O3/c24-16(13-10-19-23-7-2-6-18-15(13)23)20-11-3-1-4-12(9-11)22-8-5-14(21-22)17(25)26/h1-10H,(H,20,24)(H,25,26). The minimum Gasteiger partial charge on any atom is -0.476 e. The highest BCUT2D eigenvalue weighted by atomic mass is 16.4. The van der Waals surface area contributed by atoms with Gasteiger partial charge in [0.25, 0.3) is 5.91 Å². The van der Waals surface area contributed by atoms with E-state index in [2.05, 4.69) is 20.5 Å². The van der Waals surface area contributed by atoms with Crippen molar-refractivity contribution in [2.45, 2.75) is 0 Å². The van der Waals surface area contributed by atoms with Gasteiger partial charge >= 0.3 is 5.97 Å². The maximum absolute atomic E-state index is 12.5. The van der Waals surface area contributed by atoms with Crippen LogP contribution in [-0.2, 0) is 0 Å². The van der Waals surface area contributed by atoms with Gasteiger partial charge in [0.05, 0.1) is 11.9 Å². The van der Waals surface area contributed by atoms with Gasteiger partial charge in [-0.15, -0.1) is 0 Å². The van der Waals surface area contributed by atoms with Gasteiger partial charge in [-0.1, -0.05) is 6.07 Å². The van der Waals surface area contributed by atoms with Gasteiger partial charge in [0, 0.05) is 24.3 Å². The van der Waals surface area contributed by atoms with Gasteiger partial charge in [0.15, 0.2) is 11.3 Å². The van der Waals surface area contributed by atoms with Crippen LogP contribution in [0, 0.1) is 0 Å². The number of carboxylic acids is 1. The first-order valence-electron chi connectivity index (χ1n) is 7.61. The smallest absolute Gasteiger partial charge is 0.356 e. The van der Waals surface area contributed by atoms with E-state index < -0.39 is 5.97 Å². The van der Waals surface area contributed by atoms with E-state index in [9.17, 15) is 9.59 Å². The number of carbonyl (C=O) groups excluding carboxylic acids is 1. The number of rotatable bonds is 4. The molecule has 2 N–H and O–H groups in total. The number of nitrogens with one attached hydrogen (secondary N) is 1. The van der Waals surface area contributed by atoms with Crippen LogP contribution in [0.1, 0.15) is 20.8 Å². The second-order valence-corrected chi connectivity index (χ2v) is 5.40. The summed E-state index contributed by atoms with van der Waals surface area (Å²) < 4.78 is 2.94. The zero-order valence-electron chi connectivity index (χ0n) is 13.3. The maximum atomic E-state index is 12.5. The normalized spacial score (nSPS) is 10.8. The summed E-state index contributed by atoms with van der Waals surface area (Å²) in [6.07, 6.45) is 6.29. The molecular formula is C17H12N6O3. The number of carbonyl (C=O) groups is 2. The average molecular weight is 348 g/mol. The molecule has 0 unspecified atom stereocenters. The number of hydrogen-bond acceptors (Lipinski definition) is 5. The molecule has 0 aliphatic carbocycles. The first-order valence-corrected chi connectivity index (χ1v) is 7.61. The summed E-state index contributed by atoms with van der Waals surface area (Å²) in [5.74, 6) is -1.45. The molecule has 9 nitrogen and oxygen atoms in total. The molecule has 26 heavy (non-hydrogen) atoms. The lowest BCUT2D eigenvalue weighted by Crippen LogP contribution is -2.12. The number of amides is 1. The Morgan fingerprint density at radius 2 is 2.00 bits per heavy atom. The van der Waals surface area contributed by atoms with Crippen molar-refractivity contribution in [2.75, 3.05) is 5.32 Å². The van der Waals surface area contributed by atoms with Crippen molar-refractivity contribution >= 4 is 23.2 Å². The molecule has 1 amide bonds. The summed E-state index contributed by atoms with van der Waals surface area (Å²) in [5.41, 5.74) is 1.91. The van der Waals surface area contributed by atoms with Crippen LogP contribution < -0.4 is 5.32 Å². The first-order chi connectivity index (χ1) is 12.6. The van der Waals surface area contributed by atoms with Gasteiger partial charge in [-0.25, -0.2) is 19.0 Å². The van der Waals surface area contributed by atoms with Crippen LogP contribution in [0.4, 0.5) is 5.69 Å². The van der Waals surface area contributed by atoms with E-state index in [0.29, 0.717) is 22.6 Å². The molecule has 0 atom stereocenters. The Morgan fingerprint density at radius 1 is 1.12 bits per heavy atom. The lowest BCUT2D eigenvalue weighted by Gasteiger charge is -2.07. The lowest BCUT2D eigenvalue weighted by molar-refractivity contribution is 0.0689. The highest BCUT2D eigenvalue weighted by Crippen LogP contribution is 2.16. The molecule has 4 aromatic rings. The van der Waals surface area contributed by atoms with Gasteiger partial charge < -0.3 is 10.4 Å². The van der Waals surface area contributed by atoms with Crippen molar-refractivity contribution in [1.82, 2.24) is 24.4 Å². The summed E-state index contributed by atoms with van der Waals surface area (Å²) in [6, 6.07) is 10.0. The van der Waals surface area contributed by atoms with Crippen LogP contribution in [0.15, 0.2) is 61.2 Å². The molecule has 4 rings (SSSR count). The van der Waals surface area contributed by atoms with Crippen molar-refractivity contribution in [3.63, 3.8) is 0 Å². The van der Waals surface area contributed by atoms with E-state index in [0.717, 1.165) is 0 Å².